The first-order valence-corrected chi connectivity index (χ1v) is 12.5. The fourth-order valence-electron chi connectivity index (χ4n) is 1.94. The summed E-state index contributed by atoms with van der Waals surface area (Å²) in [5.74, 6) is 0.687. The molecule has 0 saturated carbocycles. The van der Waals surface area contributed by atoms with E-state index in [9.17, 15) is 0 Å². The Balaban J connectivity index is 1.87. The van der Waals surface area contributed by atoms with Crippen molar-refractivity contribution in [3.05, 3.63) is 24.3 Å². The van der Waals surface area contributed by atoms with Crippen LogP contribution in [0.25, 0.3) is 0 Å². The zero-order valence-electron chi connectivity index (χ0n) is 17.6. The lowest BCUT2D eigenvalue weighted by Crippen LogP contribution is -2.41. The molecule has 0 saturated heterocycles. The Morgan fingerprint density at radius 3 is 1.78 bits per heavy atom. The van der Waals surface area contributed by atoms with E-state index in [4.69, 9.17) is 29.1 Å². The first-order chi connectivity index (χ1) is 12.7. The molecule has 0 atom stereocenters. The van der Waals surface area contributed by atoms with Crippen molar-refractivity contribution in [1.82, 2.24) is 0 Å². The molecular weight excluding hydrogens is 362 g/mol. The molecule has 0 aliphatic rings. The summed E-state index contributed by atoms with van der Waals surface area (Å²) in [5, 5.41) is 0.231. The third-order valence-corrected chi connectivity index (χ3v) is 9.18. The van der Waals surface area contributed by atoms with Gasteiger partial charge in [0.2, 0.25) is 0 Å². The molecule has 0 aliphatic carbocycles. The quantitative estimate of drug-likeness (QED) is 0.292. The molecule has 0 amide bonds. The lowest BCUT2D eigenvalue weighted by atomic mass is 10.2. The van der Waals surface area contributed by atoms with Crippen LogP contribution >= 0.6 is 0 Å². The van der Waals surface area contributed by atoms with E-state index in [1.165, 1.54) is 0 Å². The van der Waals surface area contributed by atoms with E-state index in [1.54, 1.807) is 0 Å². The van der Waals surface area contributed by atoms with E-state index in [2.05, 4.69) is 33.9 Å². The van der Waals surface area contributed by atoms with Gasteiger partial charge in [-0.05, 0) is 30.3 Å². The predicted molar refractivity (Wildman–Crippen MR) is 112 cm³/mol. The Morgan fingerprint density at radius 2 is 1.26 bits per heavy atom. The molecule has 0 heterocycles. The van der Waals surface area contributed by atoms with E-state index in [0.29, 0.717) is 64.3 Å². The Labute approximate surface area is 165 Å². The van der Waals surface area contributed by atoms with Crippen LogP contribution in [0.5, 0.6) is 5.75 Å². The van der Waals surface area contributed by atoms with Crippen molar-refractivity contribution >= 4 is 14.0 Å². The van der Waals surface area contributed by atoms with E-state index in [-0.39, 0.29) is 5.04 Å². The molecule has 0 radical (unpaired) electrons. The minimum atomic E-state index is -1.67. The maximum absolute atomic E-state index is 6.05. The highest BCUT2D eigenvalue weighted by Crippen LogP contribution is 2.36. The largest absolute Gasteiger partial charge is 0.489 e. The maximum Gasteiger partial charge on any atom is 0.192 e. The van der Waals surface area contributed by atoms with Crippen LogP contribution in [-0.2, 0) is 18.6 Å². The summed E-state index contributed by atoms with van der Waals surface area (Å²) in [7, 11) is -1.67. The third-order valence-electron chi connectivity index (χ3n) is 4.65. The number of para-hydroxylation sites is 2. The Bertz CT molecular complexity index is 519. The lowest BCUT2D eigenvalue weighted by Gasteiger charge is -2.36. The summed E-state index contributed by atoms with van der Waals surface area (Å²) in [4.78, 5) is 0. The number of nitrogen functional groups attached to an aromatic ring is 1. The van der Waals surface area contributed by atoms with Crippen LogP contribution in [0.2, 0.25) is 18.1 Å². The van der Waals surface area contributed by atoms with Crippen molar-refractivity contribution in [3.8, 4) is 5.75 Å². The molecule has 6 nitrogen and oxygen atoms in total. The summed E-state index contributed by atoms with van der Waals surface area (Å²) < 4.78 is 28.1. The monoisotopic (exact) mass is 399 g/mol. The molecule has 1 aromatic carbocycles. The van der Waals surface area contributed by atoms with Gasteiger partial charge in [-0.1, -0.05) is 32.9 Å². The minimum absolute atomic E-state index is 0.231. The van der Waals surface area contributed by atoms with Gasteiger partial charge in [-0.15, -0.1) is 0 Å². The number of hydrogen-bond acceptors (Lipinski definition) is 6. The summed E-state index contributed by atoms with van der Waals surface area (Å²) in [5.41, 5.74) is 6.43. The Kier molecular flexibility index (Phi) is 10.9. The Hall–Kier alpha value is -1.12. The lowest BCUT2D eigenvalue weighted by molar-refractivity contribution is 0.00434. The minimum Gasteiger partial charge on any atom is -0.489 e. The van der Waals surface area contributed by atoms with Gasteiger partial charge in [0.25, 0.3) is 0 Å². The fraction of sp³-hybridized carbons (Fsp3) is 0.700. The maximum atomic E-state index is 6.05. The molecule has 1 rings (SSSR count). The van der Waals surface area contributed by atoms with Gasteiger partial charge in [-0.3, -0.25) is 0 Å². The van der Waals surface area contributed by atoms with E-state index in [0.717, 1.165) is 0 Å². The SMILES string of the molecule is CC(C)(C)[Si](C)(C)OCCOCCOCCOCCOc1ccccc1N. The normalized spacial score (nSPS) is 12.3. The number of hydrogen-bond donors (Lipinski definition) is 1. The second-order valence-electron chi connectivity index (χ2n) is 7.83. The van der Waals surface area contributed by atoms with Crippen molar-refractivity contribution in [1.29, 1.82) is 0 Å². The topological polar surface area (TPSA) is 72.2 Å². The van der Waals surface area contributed by atoms with Crippen molar-refractivity contribution in [2.45, 2.75) is 38.9 Å². The van der Waals surface area contributed by atoms with Crippen LogP contribution in [0.1, 0.15) is 20.8 Å². The first-order valence-electron chi connectivity index (χ1n) is 9.58. The van der Waals surface area contributed by atoms with Gasteiger partial charge in [0.05, 0.1) is 51.9 Å². The molecule has 0 bridgehead atoms. The molecule has 0 unspecified atom stereocenters. The van der Waals surface area contributed by atoms with E-state index >= 15 is 0 Å². The number of nitrogens with two attached hydrogens (primary N) is 1. The van der Waals surface area contributed by atoms with Crippen LogP contribution < -0.4 is 10.5 Å². The second kappa shape index (κ2) is 12.4. The molecule has 0 fully saturated rings. The van der Waals surface area contributed by atoms with Crippen molar-refractivity contribution < 1.29 is 23.4 Å². The molecule has 1 aromatic rings. The van der Waals surface area contributed by atoms with E-state index in [1.807, 2.05) is 24.3 Å². The molecule has 0 aliphatic heterocycles. The van der Waals surface area contributed by atoms with Gasteiger partial charge in [0.15, 0.2) is 8.32 Å². The smallest absolute Gasteiger partial charge is 0.192 e. The van der Waals surface area contributed by atoms with E-state index < -0.39 is 8.32 Å². The van der Waals surface area contributed by atoms with Gasteiger partial charge in [0, 0.05) is 0 Å². The summed E-state index contributed by atoms with van der Waals surface area (Å²) in [6, 6.07) is 7.42. The molecule has 2 N–H and O–H groups in total. The molecular formula is C20H37NO5Si. The van der Waals surface area contributed by atoms with Crippen LogP contribution in [0.3, 0.4) is 0 Å². The number of rotatable bonds is 14. The van der Waals surface area contributed by atoms with Crippen LogP contribution in [0, 0.1) is 0 Å². The average Bonchev–Trinajstić information content (AvgIpc) is 2.59. The van der Waals surface area contributed by atoms with Crippen LogP contribution in [-0.4, -0.2) is 61.2 Å². The van der Waals surface area contributed by atoms with Crippen LogP contribution in [0.4, 0.5) is 5.69 Å². The molecule has 0 aromatic heterocycles. The standard InChI is InChI=1S/C20H37NO5Si/c1-20(2,3)27(4,5)26-17-15-24-13-11-22-10-12-23-14-16-25-19-9-7-6-8-18(19)21/h6-9H,10-17,21H2,1-5H3. The highest BCUT2D eigenvalue weighted by molar-refractivity contribution is 6.74. The van der Waals surface area contributed by atoms with Crippen molar-refractivity contribution in [3.63, 3.8) is 0 Å². The first kappa shape index (κ1) is 23.9. The summed E-state index contributed by atoms with van der Waals surface area (Å²) in [6.07, 6.45) is 0. The fourth-order valence-corrected chi connectivity index (χ4v) is 2.96. The van der Waals surface area contributed by atoms with Crippen molar-refractivity contribution in [2.24, 2.45) is 0 Å². The average molecular weight is 400 g/mol. The summed E-state index contributed by atoms with van der Waals surface area (Å²) in [6.45, 7) is 15.6. The van der Waals surface area contributed by atoms with Crippen molar-refractivity contribution in [2.75, 3.05) is 58.6 Å². The molecule has 156 valence electrons. The molecule has 27 heavy (non-hydrogen) atoms. The predicted octanol–water partition coefficient (Wildman–Crippen LogP) is 3.72. The zero-order valence-corrected chi connectivity index (χ0v) is 18.6. The van der Waals surface area contributed by atoms with Gasteiger partial charge in [0.1, 0.15) is 12.4 Å². The second-order valence-corrected chi connectivity index (χ2v) is 12.6. The summed E-state index contributed by atoms with van der Waals surface area (Å²) >= 11 is 0. The zero-order chi connectivity index (χ0) is 20.2. The molecule has 7 heteroatoms. The number of anilines is 1. The highest BCUT2D eigenvalue weighted by Gasteiger charge is 2.36. The van der Waals surface area contributed by atoms with Gasteiger partial charge in [-0.25, -0.2) is 0 Å². The Morgan fingerprint density at radius 1 is 0.778 bits per heavy atom. The highest BCUT2D eigenvalue weighted by atomic mass is 28.4. The third kappa shape index (κ3) is 10.1. The molecule has 0 spiro atoms. The van der Waals surface area contributed by atoms with Crippen LogP contribution in [0.15, 0.2) is 24.3 Å². The van der Waals surface area contributed by atoms with Gasteiger partial charge < -0.3 is 29.1 Å². The van der Waals surface area contributed by atoms with Gasteiger partial charge >= 0.3 is 0 Å². The number of ether oxygens (including phenoxy) is 4. The van der Waals surface area contributed by atoms with Gasteiger partial charge in [-0.2, -0.15) is 0 Å². The number of benzene rings is 1.